The Kier molecular flexibility index (Phi) is 4.51. The standard InChI is InChI=1S/C18H21N3O3S/c1-5-13-8-20(17(22)14-9-25-12(4)19-14)15-6-10(2)11(3)7-16(15)21(13)18(23)24/h6-7,9,13H,5,8H2,1-4H3,(H,23,24). The minimum atomic E-state index is -0.993. The highest BCUT2D eigenvalue weighted by atomic mass is 32.1. The number of aromatic nitrogens is 1. The minimum absolute atomic E-state index is 0.183. The van der Waals surface area contributed by atoms with Gasteiger partial charge in [0.25, 0.3) is 5.91 Å². The van der Waals surface area contributed by atoms with Gasteiger partial charge < -0.3 is 10.0 Å². The molecule has 0 saturated carbocycles. The number of carbonyl (C=O) groups excluding carboxylic acids is 1. The van der Waals surface area contributed by atoms with Crippen molar-refractivity contribution in [3.05, 3.63) is 39.3 Å². The highest BCUT2D eigenvalue weighted by Gasteiger charge is 2.37. The van der Waals surface area contributed by atoms with Crippen LogP contribution in [0.3, 0.4) is 0 Å². The summed E-state index contributed by atoms with van der Waals surface area (Å²) in [6, 6.07) is 3.47. The van der Waals surface area contributed by atoms with E-state index in [1.54, 1.807) is 10.3 Å². The second-order valence-electron chi connectivity index (χ2n) is 6.31. The molecule has 132 valence electrons. The Labute approximate surface area is 150 Å². The van der Waals surface area contributed by atoms with Crippen molar-refractivity contribution < 1.29 is 14.7 Å². The summed E-state index contributed by atoms with van der Waals surface area (Å²) in [6.07, 6.45) is -0.369. The Morgan fingerprint density at radius 3 is 2.40 bits per heavy atom. The summed E-state index contributed by atoms with van der Waals surface area (Å²) in [7, 11) is 0. The quantitative estimate of drug-likeness (QED) is 0.880. The van der Waals surface area contributed by atoms with E-state index in [-0.39, 0.29) is 11.9 Å². The first-order valence-electron chi connectivity index (χ1n) is 8.20. The van der Waals surface area contributed by atoms with Crippen LogP contribution < -0.4 is 9.80 Å². The number of amides is 2. The molecule has 2 heterocycles. The molecule has 25 heavy (non-hydrogen) atoms. The number of aryl methyl sites for hydroxylation is 3. The zero-order valence-corrected chi connectivity index (χ0v) is 15.6. The van der Waals surface area contributed by atoms with Crippen LogP contribution in [0, 0.1) is 20.8 Å². The van der Waals surface area contributed by atoms with E-state index >= 15 is 0 Å². The van der Waals surface area contributed by atoms with Crippen LogP contribution >= 0.6 is 11.3 Å². The molecule has 1 unspecified atom stereocenters. The van der Waals surface area contributed by atoms with Gasteiger partial charge in [-0.1, -0.05) is 6.92 Å². The van der Waals surface area contributed by atoms with Crippen molar-refractivity contribution >= 4 is 34.7 Å². The normalized spacial score (nSPS) is 16.7. The van der Waals surface area contributed by atoms with E-state index in [4.69, 9.17) is 0 Å². The number of hydrogen-bond acceptors (Lipinski definition) is 4. The summed E-state index contributed by atoms with van der Waals surface area (Å²) in [4.78, 5) is 32.2. The molecule has 0 fully saturated rings. The van der Waals surface area contributed by atoms with E-state index < -0.39 is 6.09 Å². The molecule has 3 rings (SSSR count). The highest BCUT2D eigenvalue weighted by molar-refractivity contribution is 7.09. The van der Waals surface area contributed by atoms with Crippen molar-refractivity contribution in [1.29, 1.82) is 0 Å². The van der Waals surface area contributed by atoms with Crippen molar-refractivity contribution in [1.82, 2.24) is 4.98 Å². The van der Waals surface area contributed by atoms with Gasteiger partial charge in [0.2, 0.25) is 0 Å². The van der Waals surface area contributed by atoms with Gasteiger partial charge in [0, 0.05) is 11.9 Å². The number of carboxylic acid groups (broad SMARTS) is 1. The van der Waals surface area contributed by atoms with Crippen LogP contribution in [0.2, 0.25) is 0 Å². The average molecular weight is 359 g/mol. The summed E-state index contributed by atoms with van der Waals surface area (Å²) >= 11 is 1.43. The fraction of sp³-hybridized carbons (Fsp3) is 0.389. The van der Waals surface area contributed by atoms with Gasteiger partial charge in [-0.15, -0.1) is 11.3 Å². The van der Waals surface area contributed by atoms with Gasteiger partial charge in [-0.2, -0.15) is 0 Å². The Bertz CT molecular complexity index is 846. The fourth-order valence-corrected chi connectivity index (χ4v) is 3.73. The Morgan fingerprint density at radius 1 is 1.24 bits per heavy atom. The Balaban J connectivity index is 2.14. The van der Waals surface area contributed by atoms with Gasteiger partial charge in [-0.05, 0) is 50.5 Å². The molecule has 1 aromatic carbocycles. The number of fused-ring (bicyclic) bond motifs is 1. The summed E-state index contributed by atoms with van der Waals surface area (Å²) < 4.78 is 0. The molecule has 0 spiro atoms. The van der Waals surface area contributed by atoms with Crippen molar-refractivity contribution in [3.63, 3.8) is 0 Å². The predicted molar refractivity (Wildman–Crippen MR) is 99.0 cm³/mol. The van der Waals surface area contributed by atoms with Gasteiger partial charge in [-0.25, -0.2) is 9.78 Å². The molecular weight excluding hydrogens is 338 g/mol. The average Bonchev–Trinajstić information content (AvgIpc) is 3.00. The van der Waals surface area contributed by atoms with E-state index in [0.29, 0.717) is 30.0 Å². The van der Waals surface area contributed by atoms with Gasteiger partial charge in [0.1, 0.15) is 5.69 Å². The number of thiazole rings is 1. The topological polar surface area (TPSA) is 73.7 Å². The highest BCUT2D eigenvalue weighted by Crippen LogP contribution is 2.39. The smallest absolute Gasteiger partial charge is 0.412 e. The fourth-order valence-electron chi connectivity index (χ4n) is 3.15. The molecule has 6 nitrogen and oxygen atoms in total. The maximum absolute atomic E-state index is 13.0. The van der Waals surface area contributed by atoms with E-state index in [2.05, 4.69) is 4.98 Å². The first-order valence-corrected chi connectivity index (χ1v) is 9.08. The maximum Gasteiger partial charge on any atom is 0.412 e. The largest absolute Gasteiger partial charge is 0.465 e. The van der Waals surface area contributed by atoms with E-state index in [1.165, 1.54) is 16.2 Å². The van der Waals surface area contributed by atoms with Crippen molar-refractivity contribution in [2.24, 2.45) is 0 Å². The van der Waals surface area contributed by atoms with Crippen LogP contribution in [0.15, 0.2) is 17.5 Å². The van der Waals surface area contributed by atoms with Gasteiger partial charge in [-0.3, -0.25) is 9.69 Å². The first-order chi connectivity index (χ1) is 11.8. The number of rotatable bonds is 2. The lowest BCUT2D eigenvalue weighted by atomic mass is 10.0. The third kappa shape index (κ3) is 3.00. The molecule has 2 amide bonds. The number of nitrogens with zero attached hydrogens (tertiary/aromatic N) is 3. The number of carbonyl (C=O) groups is 2. The molecule has 2 aromatic rings. The summed E-state index contributed by atoms with van der Waals surface area (Å²) in [6.45, 7) is 8.03. The van der Waals surface area contributed by atoms with Crippen molar-refractivity contribution in [2.45, 2.75) is 40.2 Å². The Morgan fingerprint density at radius 2 is 1.88 bits per heavy atom. The van der Waals surface area contributed by atoms with Crippen LogP contribution in [0.4, 0.5) is 16.2 Å². The van der Waals surface area contributed by atoms with E-state index in [0.717, 1.165) is 16.1 Å². The van der Waals surface area contributed by atoms with Crippen molar-refractivity contribution in [3.8, 4) is 0 Å². The second kappa shape index (κ2) is 6.48. The SMILES string of the molecule is CCC1CN(C(=O)c2csc(C)n2)c2cc(C)c(C)cc2N1C(=O)O. The molecule has 0 saturated heterocycles. The molecule has 0 radical (unpaired) electrons. The lowest BCUT2D eigenvalue weighted by molar-refractivity contribution is 0.0978. The van der Waals surface area contributed by atoms with Gasteiger partial charge in [0.15, 0.2) is 0 Å². The zero-order chi connectivity index (χ0) is 18.3. The molecule has 0 aliphatic carbocycles. The molecule has 1 aromatic heterocycles. The predicted octanol–water partition coefficient (Wildman–Crippen LogP) is 3.99. The van der Waals surface area contributed by atoms with Crippen molar-refractivity contribution in [2.75, 3.05) is 16.3 Å². The van der Waals surface area contributed by atoms with Crippen LogP contribution in [-0.2, 0) is 0 Å². The molecule has 0 bridgehead atoms. The van der Waals surface area contributed by atoms with Crippen LogP contribution in [-0.4, -0.2) is 34.7 Å². The zero-order valence-electron chi connectivity index (χ0n) is 14.7. The second-order valence-corrected chi connectivity index (χ2v) is 7.37. The number of benzene rings is 1. The summed E-state index contributed by atoms with van der Waals surface area (Å²) in [5, 5.41) is 12.3. The van der Waals surface area contributed by atoms with E-state index in [1.807, 2.05) is 39.8 Å². The Hall–Kier alpha value is -2.41. The molecule has 1 aliphatic rings. The molecule has 7 heteroatoms. The molecule has 1 atom stereocenters. The third-order valence-electron chi connectivity index (χ3n) is 4.66. The van der Waals surface area contributed by atoms with Crippen LogP contribution in [0.5, 0.6) is 0 Å². The summed E-state index contributed by atoms with van der Waals surface area (Å²) in [5.41, 5.74) is 3.62. The molecular formula is C18H21N3O3S. The third-order valence-corrected chi connectivity index (χ3v) is 5.43. The minimum Gasteiger partial charge on any atom is -0.465 e. The van der Waals surface area contributed by atoms with Gasteiger partial charge in [0.05, 0.1) is 22.4 Å². The van der Waals surface area contributed by atoms with E-state index in [9.17, 15) is 14.7 Å². The lowest BCUT2D eigenvalue weighted by Crippen LogP contribution is -2.52. The summed E-state index contributed by atoms with van der Waals surface area (Å²) in [5.74, 6) is -0.183. The number of hydrogen-bond donors (Lipinski definition) is 1. The first kappa shape index (κ1) is 17.4. The van der Waals surface area contributed by atoms with Crippen LogP contribution in [0.25, 0.3) is 0 Å². The maximum atomic E-state index is 13.0. The lowest BCUT2D eigenvalue weighted by Gasteiger charge is -2.41. The number of anilines is 2. The van der Waals surface area contributed by atoms with Gasteiger partial charge >= 0.3 is 6.09 Å². The molecule has 1 N–H and O–H groups in total. The van der Waals surface area contributed by atoms with Crippen LogP contribution in [0.1, 0.15) is 40.0 Å². The molecule has 1 aliphatic heterocycles. The monoisotopic (exact) mass is 359 g/mol.